The van der Waals surface area contributed by atoms with E-state index in [9.17, 15) is 14.0 Å². The minimum atomic E-state index is -0.345. The van der Waals surface area contributed by atoms with Crippen LogP contribution in [0.1, 0.15) is 23.6 Å². The molecule has 3 rings (SSSR count). The Hall–Kier alpha value is -3.73. The lowest BCUT2D eigenvalue weighted by Gasteiger charge is -2.22. The van der Waals surface area contributed by atoms with Gasteiger partial charge >= 0.3 is 0 Å². The van der Waals surface area contributed by atoms with E-state index in [2.05, 4.69) is 5.32 Å². The van der Waals surface area contributed by atoms with E-state index < -0.39 is 0 Å². The molecule has 5 heteroatoms. The molecule has 0 aliphatic heterocycles. The lowest BCUT2D eigenvalue weighted by atomic mass is 10.1. The van der Waals surface area contributed by atoms with Crippen LogP contribution in [0.2, 0.25) is 0 Å². The molecule has 0 aliphatic rings. The number of amides is 2. The number of likely N-dealkylation sites (N-methyl/N-ethyl adjacent to an activating group) is 1. The van der Waals surface area contributed by atoms with Crippen molar-refractivity contribution in [2.75, 3.05) is 11.4 Å². The Balaban J connectivity index is 1.83. The molecular formula is C26H25FN2O2. The van der Waals surface area contributed by atoms with Gasteiger partial charge in [0.25, 0.3) is 5.91 Å². The first-order valence-corrected chi connectivity index (χ1v) is 10.2. The van der Waals surface area contributed by atoms with Gasteiger partial charge in [-0.15, -0.1) is 0 Å². The smallest absolute Gasteiger partial charge is 0.251 e. The van der Waals surface area contributed by atoms with Gasteiger partial charge in [0.15, 0.2) is 0 Å². The lowest BCUT2D eigenvalue weighted by Crippen LogP contribution is -2.29. The molecule has 4 nitrogen and oxygen atoms in total. The summed E-state index contributed by atoms with van der Waals surface area (Å²) in [4.78, 5) is 26.4. The third-order valence-electron chi connectivity index (χ3n) is 4.70. The number of nitrogens with one attached hydrogen (secondary N) is 1. The summed E-state index contributed by atoms with van der Waals surface area (Å²) in [5.41, 5.74) is 3.13. The van der Waals surface area contributed by atoms with E-state index in [0.717, 1.165) is 11.1 Å². The van der Waals surface area contributed by atoms with Gasteiger partial charge in [0.1, 0.15) is 5.82 Å². The molecular weight excluding hydrogens is 391 g/mol. The molecule has 0 radical (unpaired) electrons. The molecule has 0 aliphatic carbocycles. The van der Waals surface area contributed by atoms with Crippen molar-refractivity contribution >= 4 is 23.6 Å². The highest BCUT2D eigenvalue weighted by Crippen LogP contribution is 2.20. The summed E-state index contributed by atoms with van der Waals surface area (Å²) < 4.78 is 13.7. The van der Waals surface area contributed by atoms with E-state index >= 15 is 0 Å². The summed E-state index contributed by atoms with van der Waals surface area (Å²) in [7, 11) is 0. The Labute approximate surface area is 182 Å². The van der Waals surface area contributed by atoms with Crippen LogP contribution in [0.3, 0.4) is 0 Å². The molecule has 0 atom stereocenters. The molecule has 0 aromatic heterocycles. The second-order valence-corrected chi connectivity index (χ2v) is 7.10. The Morgan fingerprint density at radius 3 is 2.35 bits per heavy atom. The molecule has 3 aromatic carbocycles. The first-order valence-electron chi connectivity index (χ1n) is 10.2. The number of hydrogen-bond acceptors (Lipinski definition) is 2. The zero-order valence-electron chi connectivity index (χ0n) is 17.4. The number of anilines is 1. The van der Waals surface area contributed by atoms with Crippen LogP contribution in [0.25, 0.3) is 6.08 Å². The van der Waals surface area contributed by atoms with Crippen LogP contribution in [-0.4, -0.2) is 18.4 Å². The number of rotatable bonds is 8. The molecule has 0 unspecified atom stereocenters. The number of carbonyl (C=O) groups excluding carboxylic acids is 2. The normalized spacial score (nSPS) is 10.8. The van der Waals surface area contributed by atoms with Crippen molar-refractivity contribution in [2.45, 2.75) is 19.9 Å². The van der Waals surface area contributed by atoms with Crippen molar-refractivity contribution in [2.24, 2.45) is 0 Å². The van der Waals surface area contributed by atoms with E-state index in [1.807, 2.05) is 61.5 Å². The van der Waals surface area contributed by atoms with Gasteiger partial charge in [0, 0.05) is 18.3 Å². The van der Waals surface area contributed by atoms with Crippen molar-refractivity contribution < 1.29 is 14.0 Å². The SMILES string of the molecule is CCNC(=O)Cc1ccc(N(Cc2cccc(F)c2)C(=O)/C=C/c2ccccc2)cc1. The van der Waals surface area contributed by atoms with E-state index in [4.69, 9.17) is 0 Å². The zero-order valence-corrected chi connectivity index (χ0v) is 17.4. The van der Waals surface area contributed by atoms with Crippen molar-refractivity contribution in [3.05, 3.63) is 107 Å². The standard InChI is InChI=1S/C26H25FN2O2/c1-2-28-25(30)18-21-11-14-24(15-12-21)29(19-22-9-6-10-23(27)17-22)26(31)16-13-20-7-4-3-5-8-20/h3-17H,2,18-19H2,1H3,(H,28,30)/b16-13+. The molecule has 0 spiro atoms. The van der Waals surface area contributed by atoms with Crippen molar-refractivity contribution in [3.63, 3.8) is 0 Å². The molecule has 1 N–H and O–H groups in total. The van der Waals surface area contributed by atoms with E-state index in [-0.39, 0.29) is 30.6 Å². The maximum atomic E-state index is 13.7. The first-order chi connectivity index (χ1) is 15.0. The summed E-state index contributed by atoms with van der Waals surface area (Å²) in [5.74, 6) is -0.611. The average Bonchev–Trinajstić information content (AvgIpc) is 2.77. The topological polar surface area (TPSA) is 49.4 Å². The van der Waals surface area contributed by atoms with Gasteiger partial charge in [-0.25, -0.2) is 4.39 Å². The van der Waals surface area contributed by atoms with Crippen LogP contribution in [0.15, 0.2) is 84.9 Å². The zero-order chi connectivity index (χ0) is 22.1. The summed E-state index contributed by atoms with van der Waals surface area (Å²) >= 11 is 0. The highest BCUT2D eigenvalue weighted by atomic mass is 19.1. The third kappa shape index (κ3) is 6.64. The Morgan fingerprint density at radius 1 is 0.935 bits per heavy atom. The van der Waals surface area contributed by atoms with Gasteiger partial charge in [-0.3, -0.25) is 9.59 Å². The van der Waals surface area contributed by atoms with Crippen molar-refractivity contribution in [1.29, 1.82) is 0 Å². The van der Waals surface area contributed by atoms with Crippen molar-refractivity contribution in [1.82, 2.24) is 5.32 Å². The van der Waals surface area contributed by atoms with Crippen LogP contribution in [0, 0.1) is 5.82 Å². The average molecular weight is 416 g/mol. The predicted molar refractivity (Wildman–Crippen MR) is 122 cm³/mol. The number of benzene rings is 3. The lowest BCUT2D eigenvalue weighted by molar-refractivity contribution is -0.120. The van der Waals surface area contributed by atoms with E-state index in [0.29, 0.717) is 17.8 Å². The summed E-state index contributed by atoms with van der Waals surface area (Å²) in [6.45, 7) is 2.69. The molecule has 0 saturated carbocycles. The number of halogens is 1. The van der Waals surface area contributed by atoms with Gasteiger partial charge < -0.3 is 10.2 Å². The highest BCUT2D eigenvalue weighted by Gasteiger charge is 2.15. The first kappa shape index (κ1) is 22.0. The van der Waals surface area contributed by atoms with E-state index in [1.54, 1.807) is 23.1 Å². The van der Waals surface area contributed by atoms with Gasteiger partial charge in [0.05, 0.1) is 13.0 Å². The second kappa shape index (κ2) is 10.9. The summed E-state index contributed by atoms with van der Waals surface area (Å²) in [6.07, 6.45) is 3.54. The quantitative estimate of drug-likeness (QED) is 0.539. The number of carbonyl (C=O) groups is 2. The van der Waals surface area contributed by atoms with Crippen LogP contribution in [-0.2, 0) is 22.6 Å². The Kier molecular flexibility index (Phi) is 7.71. The third-order valence-corrected chi connectivity index (χ3v) is 4.70. The molecule has 158 valence electrons. The molecule has 0 saturated heterocycles. The van der Waals surface area contributed by atoms with Gasteiger partial charge in [-0.2, -0.15) is 0 Å². The fourth-order valence-corrected chi connectivity index (χ4v) is 3.17. The van der Waals surface area contributed by atoms with E-state index in [1.165, 1.54) is 18.2 Å². The highest BCUT2D eigenvalue weighted by molar-refractivity contribution is 6.03. The van der Waals surface area contributed by atoms with Crippen molar-refractivity contribution in [3.8, 4) is 0 Å². The fraction of sp³-hybridized carbons (Fsp3) is 0.154. The second-order valence-electron chi connectivity index (χ2n) is 7.10. The predicted octanol–water partition coefficient (Wildman–Crippen LogP) is 4.75. The van der Waals surface area contributed by atoms with Gasteiger partial charge in [-0.05, 0) is 54.0 Å². The van der Waals surface area contributed by atoms with Gasteiger partial charge in [-0.1, -0.05) is 54.6 Å². The molecule has 0 heterocycles. The fourth-order valence-electron chi connectivity index (χ4n) is 3.17. The minimum Gasteiger partial charge on any atom is -0.356 e. The Morgan fingerprint density at radius 2 is 1.68 bits per heavy atom. The van der Waals surface area contributed by atoms with Crippen LogP contribution >= 0.6 is 0 Å². The minimum absolute atomic E-state index is 0.0475. The maximum absolute atomic E-state index is 13.7. The summed E-state index contributed by atoms with van der Waals surface area (Å²) in [5, 5.41) is 2.77. The Bertz CT molecular complexity index is 1050. The maximum Gasteiger partial charge on any atom is 0.251 e. The van der Waals surface area contributed by atoms with Crippen LogP contribution in [0.4, 0.5) is 10.1 Å². The van der Waals surface area contributed by atoms with Crippen LogP contribution < -0.4 is 10.2 Å². The number of nitrogens with zero attached hydrogens (tertiary/aromatic N) is 1. The van der Waals surface area contributed by atoms with Gasteiger partial charge in [0.2, 0.25) is 5.91 Å². The summed E-state index contributed by atoms with van der Waals surface area (Å²) in [6, 6.07) is 23.0. The molecule has 31 heavy (non-hydrogen) atoms. The van der Waals surface area contributed by atoms with Crippen LogP contribution in [0.5, 0.6) is 0 Å². The molecule has 2 amide bonds. The largest absolute Gasteiger partial charge is 0.356 e. The molecule has 0 fully saturated rings. The molecule has 0 bridgehead atoms. The number of hydrogen-bond donors (Lipinski definition) is 1. The monoisotopic (exact) mass is 416 g/mol. The molecule has 3 aromatic rings.